The molecule has 10 heteroatoms. The SMILES string of the molecule is CC(C)Cc1cncc2cc(Cn3cccc(CC(=O)[C@H](CC/C=C/C(=O)N(C)C)OC(=O)N(C)C)c3=O)[nH]c12. The number of ketones is 1. The van der Waals surface area contributed by atoms with Crippen LogP contribution in [0, 0.1) is 5.92 Å². The van der Waals surface area contributed by atoms with Crippen LogP contribution in [0.2, 0.25) is 0 Å². The summed E-state index contributed by atoms with van der Waals surface area (Å²) in [7, 11) is 6.34. The van der Waals surface area contributed by atoms with Gasteiger partial charge in [-0.25, -0.2) is 4.79 Å². The lowest BCUT2D eigenvalue weighted by Gasteiger charge is -2.19. The third kappa shape index (κ3) is 8.14. The van der Waals surface area contributed by atoms with Crippen LogP contribution < -0.4 is 5.56 Å². The number of likely N-dealkylation sites (N-methyl/N-ethyl adjacent to an activating group) is 1. The highest BCUT2D eigenvalue weighted by Crippen LogP contribution is 2.21. The van der Waals surface area contributed by atoms with E-state index in [0.29, 0.717) is 24.4 Å². The highest BCUT2D eigenvalue weighted by Gasteiger charge is 2.24. The van der Waals surface area contributed by atoms with Crippen LogP contribution in [0.25, 0.3) is 10.9 Å². The maximum atomic E-state index is 13.3. The number of amides is 2. The molecule has 2 amide bonds. The van der Waals surface area contributed by atoms with Gasteiger partial charge in [-0.1, -0.05) is 26.0 Å². The summed E-state index contributed by atoms with van der Waals surface area (Å²) in [6, 6.07) is 5.34. The monoisotopic (exact) mass is 549 g/mol. The number of fused-ring (bicyclic) bond motifs is 1. The summed E-state index contributed by atoms with van der Waals surface area (Å²) < 4.78 is 6.98. The van der Waals surface area contributed by atoms with Crippen molar-refractivity contribution in [1.82, 2.24) is 24.3 Å². The third-order valence-corrected chi connectivity index (χ3v) is 6.37. The topological polar surface area (TPSA) is 118 Å². The number of ether oxygens (including phenoxy) is 1. The van der Waals surface area contributed by atoms with Crippen molar-refractivity contribution in [1.29, 1.82) is 0 Å². The van der Waals surface area contributed by atoms with Gasteiger partial charge in [0.1, 0.15) is 0 Å². The number of Topliss-reactive ketones (excluding diaryl/α,β-unsaturated/α-hetero) is 1. The maximum Gasteiger partial charge on any atom is 0.409 e. The number of hydrogen-bond donors (Lipinski definition) is 1. The molecule has 0 spiro atoms. The molecular formula is C30H39N5O5. The van der Waals surface area contributed by atoms with Crippen molar-refractivity contribution in [3.8, 4) is 0 Å². The second kappa shape index (κ2) is 13.7. The number of carbonyl (C=O) groups is 3. The first-order valence-electron chi connectivity index (χ1n) is 13.4. The highest BCUT2D eigenvalue weighted by molar-refractivity contribution is 5.88. The first kappa shape index (κ1) is 30.3. The summed E-state index contributed by atoms with van der Waals surface area (Å²) in [4.78, 5) is 61.0. The number of aromatic amines is 1. The summed E-state index contributed by atoms with van der Waals surface area (Å²) in [6.07, 6.45) is 7.97. The highest BCUT2D eigenvalue weighted by atomic mass is 16.6. The standard InChI is InChI=1S/C30H39N5O5/c1-20(2)14-22-17-31-18-23-15-24(32-28(22)23)19-35-13-9-10-21(29(35)38)16-25(36)26(40-30(39)34(5)6)11-7-8-12-27(37)33(3)4/h8-10,12-13,15,17-18,20,26,32H,7,11,14,16,19H2,1-6H3/b12-8+/t26-/m0/s1. The van der Waals surface area contributed by atoms with Gasteiger partial charge in [-0.05, 0) is 49.0 Å². The van der Waals surface area contributed by atoms with Crippen LogP contribution in [0.15, 0.2) is 53.7 Å². The number of rotatable bonds is 12. The van der Waals surface area contributed by atoms with E-state index >= 15 is 0 Å². The van der Waals surface area contributed by atoms with E-state index in [4.69, 9.17) is 4.74 Å². The Morgan fingerprint density at radius 3 is 2.52 bits per heavy atom. The number of H-pyrrole nitrogens is 1. The zero-order valence-corrected chi connectivity index (χ0v) is 24.1. The molecular weight excluding hydrogens is 510 g/mol. The van der Waals surface area contributed by atoms with Crippen molar-refractivity contribution in [2.45, 2.75) is 52.2 Å². The zero-order valence-electron chi connectivity index (χ0n) is 24.1. The van der Waals surface area contributed by atoms with Crippen LogP contribution in [0.5, 0.6) is 0 Å². The third-order valence-electron chi connectivity index (χ3n) is 6.37. The molecule has 10 nitrogen and oxygen atoms in total. The van der Waals surface area contributed by atoms with Crippen molar-refractivity contribution in [3.63, 3.8) is 0 Å². The molecule has 0 saturated carbocycles. The van der Waals surface area contributed by atoms with Gasteiger partial charge in [0.2, 0.25) is 5.91 Å². The molecule has 3 heterocycles. The summed E-state index contributed by atoms with van der Waals surface area (Å²) in [5, 5.41) is 0.986. The molecule has 214 valence electrons. The van der Waals surface area contributed by atoms with Gasteiger partial charge >= 0.3 is 6.09 Å². The Balaban J connectivity index is 1.77. The minimum Gasteiger partial charge on any atom is -0.438 e. The second-order valence-electron chi connectivity index (χ2n) is 10.7. The first-order valence-corrected chi connectivity index (χ1v) is 13.4. The Labute approximate surface area is 234 Å². The molecule has 0 aliphatic rings. The Bertz CT molecular complexity index is 1430. The smallest absolute Gasteiger partial charge is 0.409 e. The molecule has 3 rings (SSSR count). The summed E-state index contributed by atoms with van der Waals surface area (Å²) in [5.74, 6) is -0.0823. The molecule has 0 aromatic carbocycles. The number of aromatic nitrogens is 3. The summed E-state index contributed by atoms with van der Waals surface area (Å²) >= 11 is 0. The van der Waals surface area contributed by atoms with E-state index < -0.39 is 12.2 Å². The van der Waals surface area contributed by atoms with Gasteiger partial charge in [0.25, 0.3) is 5.56 Å². The Hall–Kier alpha value is -4.21. The van der Waals surface area contributed by atoms with Crippen LogP contribution in [-0.2, 0) is 33.7 Å². The molecule has 0 radical (unpaired) electrons. The van der Waals surface area contributed by atoms with Crippen molar-refractivity contribution in [2.75, 3.05) is 28.2 Å². The predicted molar refractivity (Wildman–Crippen MR) is 154 cm³/mol. The minimum atomic E-state index is -1.05. The van der Waals surface area contributed by atoms with Crippen LogP contribution in [0.1, 0.15) is 43.5 Å². The fraction of sp³-hybridized carbons (Fsp3) is 0.433. The molecule has 0 saturated heterocycles. The fourth-order valence-electron chi connectivity index (χ4n) is 4.27. The van der Waals surface area contributed by atoms with Gasteiger partial charge < -0.3 is 24.1 Å². The normalized spacial score (nSPS) is 12.2. The number of allylic oxidation sites excluding steroid dienone is 1. The number of hydrogen-bond acceptors (Lipinski definition) is 6. The van der Waals surface area contributed by atoms with Crippen molar-refractivity contribution >= 4 is 28.7 Å². The quantitative estimate of drug-likeness (QED) is 0.345. The lowest BCUT2D eigenvalue weighted by molar-refractivity contribution is -0.127. The molecule has 0 unspecified atom stereocenters. The van der Waals surface area contributed by atoms with E-state index in [-0.39, 0.29) is 30.1 Å². The second-order valence-corrected chi connectivity index (χ2v) is 10.7. The largest absolute Gasteiger partial charge is 0.438 e. The van der Waals surface area contributed by atoms with E-state index in [1.54, 1.807) is 49.3 Å². The zero-order chi connectivity index (χ0) is 29.4. The lowest BCUT2D eigenvalue weighted by atomic mass is 10.0. The van der Waals surface area contributed by atoms with Gasteiger partial charge in [-0.3, -0.25) is 19.4 Å². The average molecular weight is 550 g/mol. The number of nitrogens with zero attached hydrogens (tertiary/aromatic N) is 4. The fourth-order valence-corrected chi connectivity index (χ4v) is 4.27. The van der Waals surface area contributed by atoms with Gasteiger partial charge in [-0.2, -0.15) is 0 Å². The average Bonchev–Trinajstić information content (AvgIpc) is 3.31. The first-order chi connectivity index (χ1) is 19.0. The number of carbonyl (C=O) groups excluding carboxylic acids is 3. The minimum absolute atomic E-state index is 0.180. The van der Waals surface area contributed by atoms with E-state index in [2.05, 4.69) is 23.8 Å². The van der Waals surface area contributed by atoms with Gasteiger partial charge in [0, 0.05) is 69.8 Å². The molecule has 0 aliphatic heterocycles. The molecule has 0 aliphatic carbocycles. The van der Waals surface area contributed by atoms with Gasteiger partial charge in [-0.15, -0.1) is 0 Å². The number of pyridine rings is 2. The molecule has 1 atom stereocenters. The van der Waals surface area contributed by atoms with E-state index in [9.17, 15) is 19.2 Å². The summed E-state index contributed by atoms with van der Waals surface area (Å²) in [5.41, 5.74) is 3.03. The number of nitrogens with one attached hydrogen (secondary N) is 1. The molecule has 0 fully saturated rings. The Morgan fingerprint density at radius 2 is 1.85 bits per heavy atom. The lowest BCUT2D eigenvalue weighted by Crippen LogP contribution is -2.35. The van der Waals surface area contributed by atoms with Crippen LogP contribution in [0.3, 0.4) is 0 Å². The van der Waals surface area contributed by atoms with Gasteiger partial charge in [0.05, 0.1) is 12.1 Å². The van der Waals surface area contributed by atoms with Crippen LogP contribution in [0.4, 0.5) is 4.79 Å². The van der Waals surface area contributed by atoms with Crippen molar-refractivity contribution in [2.24, 2.45) is 5.92 Å². The summed E-state index contributed by atoms with van der Waals surface area (Å²) in [6.45, 7) is 4.62. The maximum absolute atomic E-state index is 13.3. The van der Waals surface area contributed by atoms with E-state index in [0.717, 1.165) is 28.6 Å². The molecule has 3 aromatic rings. The molecule has 40 heavy (non-hydrogen) atoms. The molecule has 1 N–H and O–H groups in total. The Morgan fingerprint density at radius 1 is 1.10 bits per heavy atom. The van der Waals surface area contributed by atoms with Gasteiger partial charge in [0.15, 0.2) is 11.9 Å². The molecule has 0 bridgehead atoms. The van der Waals surface area contributed by atoms with E-state index in [1.165, 1.54) is 30.0 Å². The van der Waals surface area contributed by atoms with Crippen LogP contribution >= 0.6 is 0 Å². The van der Waals surface area contributed by atoms with E-state index in [1.807, 2.05) is 12.3 Å². The van der Waals surface area contributed by atoms with Crippen LogP contribution in [-0.4, -0.2) is 76.4 Å². The van der Waals surface area contributed by atoms with Crippen molar-refractivity contribution in [3.05, 3.63) is 76.1 Å². The molecule has 3 aromatic heterocycles. The van der Waals surface area contributed by atoms with Crippen molar-refractivity contribution < 1.29 is 19.1 Å². The predicted octanol–water partition coefficient (Wildman–Crippen LogP) is 3.57. The Kier molecular flexibility index (Phi) is 10.4.